The summed E-state index contributed by atoms with van der Waals surface area (Å²) in [4.78, 5) is 4.98. The van der Waals surface area contributed by atoms with Crippen LogP contribution < -0.4 is 10.1 Å². The Balaban J connectivity index is 0.00000225. The molecular formula is C23H32ClN3O. The predicted molar refractivity (Wildman–Crippen MR) is 118 cm³/mol. The Hall–Kier alpha value is -1.59. The van der Waals surface area contributed by atoms with Crippen molar-refractivity contribution in [3.63, 3.8) is 0 Å². The van der Waals surface area contributed by atoms with E-state index < -0.39 is 0 Å². The van der Waals surface area contributed by atoms with Gasteiger partial charge in [-0.05, 0) is 36.7 Å². The average Bonchev–Trinajstić information content (AvgIpc) is 3.49. The number of hydrogen-bond acceptors (Lipinski definition) is 4. The number of nitrogens with one attached hydrogen (secondary N) is 1. The molecule has 1 aliphatic carbocycles. The van der Waals surface area contributed by atoms with Crippen LogP contribution in [0.3, 0.4) is 0 Å². The summed E-state index contributed by atoms with van der Waals surface area (Å²) in [6, 6.07) is 19.6. The summed E-state index contributed by atoms with van der Waals surface area (Å²) in [5.74, 6) is 1.61. The van der Waals surface area contributed by atoms with Gasteiger partial charge in [-0.3, -0.25) is 4.90 Å². The number of likely N-dealkylation sites (N-methyl/N-ethyl adjacent to an activating group) is 1. The lowest BCUT2D eigenvalue weighted by Crippen LogP contribution is -2.46. The molecule has 4 nitrogen and oxygen atoms in total. The van der Waals surface area contributed by atoms with Crippen molar-refractivity contribution in [2.45, 2.75) is 25.0 Å². The second kappa shape index (κ2) is 10.3. The molecule has 28 heavy (non-hydrogen) atoms. The van der Waals surface area contributed by atoms with Crippen molar-refractivity contribution in [1.82, 2.24) is 15.1 Å². The second-order valence-electron chi connectivity index (χ2n) is 7.89. The molecule has 2 aromatic carbocycles. The lowest BCUT2D eigenvalue weighted by molar-refractivity contribution is 0.154. The van der Waals surface area contributed by atoms with Gasteiger partial charge in [-0.15, -0.1) is 12.4 Å². The van der Waals surface area contributed by atoms with E-state index in [1.165, 1.54) is 50.3 Å². The van der Waals surface area contributed by atoms with Crippen LogP contribution in [0.1, 0.15) is 23.5 Å². The van der Waals surface area contributed by atoms with E-state index in [9.17, 15) is 0 Å². The molecule has 5 heteroatoms. The normalized spacial score (nSPS) is 22.5. The minimum Gasteiger partial charge on any atom is -0.489 e. The van der Waals surface area contributed by atoms with Crippen molar-refractivity contribution < 1.29 is 4.74 Å². The van der Waals surface area contributed by atoms with Gasteiger partial charge in [-0.2, -0.15) is 0 Å². The number of ether oxygens (including phenoxy) is 1. The van der Waals surface area contributed by atoms with Crippen LogP contribution in [0.25, 0.3) is 0 Å². The first-order chi connectivity index (χ1) is 13.3. The van der Waals surface area contributed by atoms with E-state index in [1.807, 2.05) is 18.2 Å². The van der Waals surface area contributed by atoms with Crippen LogP contribution in [0.15, 0.2) is 54.6 Å². The second-order valence-corrected chi connectivity index (χ2v) is 7.89. The zero-order valence-electron chi connectivity index (χ0n) is 16.7. The Morgan fingerprint density at radius 1 is 0.964 bits per heavy atom. The molecule has 0 bridgehead atoms. The SMILES string of the molecule is CN1CCN(CCN[C@@H]2C[C@H]2c2ccc(OCc3ccccc3)cc2)CC1.Cl. The third kappa shape index (κ3) is 5.95. The molecule has 2 aliphatic rings. The maximum absolute atomic E-state index is 5.89. The standard InChI is InChI=1S/C23H31N3O.ClH/c1-25-13-15-26(16-14-25)12-11-24-23-17-22(23)20-7-9-21(10-8-20)27-18-19-5-3-2-4-6-19;/h2-10,22-24H,11-18H2,1H3;1H/t22-,23+;/m0./s1. The Kier molecular flexibility index (Phi) is 7.74. The molecule has 0 spiro atoms. The molecule has 2 fully saturated rings. The zero-order chi connectivity index (χ0) is 18.5. The summed E-state index contributed by atoms with van der Waals surface area (Å²) in [5, 5.41) is 3.74. The molecule has 1 N–H and O–H groups in total. The summed E-state index contributed by atoms with van der Waals surface area (Å²) >= 11 is 0. The first-order valence-corrected chi connectivity index (χ1v) is 10.2. The van der Waals surface area contributed by atoms with Gasteiger partial charge in [-0.25, -0.2) is 0 Å². The fourth-order valence-electron chi connectivity index (χ4n) is 3.82. The number of nitrogens with zero attached hydrogens (tertiary/aromatic N) is 2. The third-order valence-electron chi connectivity index (χ3n) is 5.78. The van der Waals surface area contributed by atoms with Gasteiger partial charge in [0.1, 0.15) is 12.4 Å². The molecule has 152 valence electrons. The van der Waals surface area contributed by atoms with Crippen LogP contribution >= 0.6 is 12.4 Å². The zero-order valence-corrected chi connectivity index (χ0v) is 17.5. The maximum atomic E-state index is 5.89. The number of piperazine rings is 1. The number of hydrogen-bond donors (Lipinski definition) is 1. The van der Waals surface area contributed by atoms with Gasteiger partial charge in [0.15, 0.2) is 0 Å². The van der Waals surface area contributed by atoms with Crippen molar-refractivity contribution in [3.8, 4) is 5.75 Å². The number of rotatable bonds is 8. The smallest absolute Gasteiger partial charge is 0.119 e. The highest BCUT2D eigenvalue weighted by Crippen LogP contribution is 2.41. The molecule has 1 aliphatic heterocycles. The predicted octanol–water partition coefficient (Wildman–Crippen LogP) is 3.38. The highest BCUT2D eigenvalue weighted by Gasteiger charge is 2.37. The van der Waals surface area contributed by atoms with Crippen molar-refractivity contribution in [2.75, 3.05) is 46.3 Å². The molecule has 0 aromatic heterocycles. The molecule has 2 aromatic rings. The Bertz CT molecular complexity index is 702. The average molecular weight is 402 g/mol. The van der Waals surface area contributed by atoms with Gasteiger partial charge in [-0.1, -0.05) is 42.5 Å². The molecule has 0 radical (unpaired) electrons. The number of benzene rings is 2. The fraction of sp³-hybridized carbons (Fsp3) is 0.478. The van der Waals surface area contributed by atoms with Gasteiger partial charge in [0, 0.05) is 51.2 Å². The lowest BCUT2D eigenvalue weighted by Gasteiger charge is -2.32. The molecule has 1 saturated heterocycles. The molecule has 4 rings (SSSR count). The fourth-order valence-corrected chi connectivity index (χ4v) is 3.82. The summed E-state index contributed by atoms with van der Waals surface area (Å²) in [6.07, 6.45) is 1.26. The van der Waals surface area contributed by atoms with Gasteiger partial charge >= 0.3 is 0 Å². The van der Waals surface area contributed by atoms with Crippen LogP contribution in [0.5, 0.6) is 5.75 Å². The van der Waals surface area contributed by atoms with Gasteiger partial charge in [0.05, 0.1) is 0 Å². The van der Waals surface area contributed by atoms with E-state index in [0.29, 0.717) is 18.6 Å². The summed E-state index contributed by atoms with van der Waals surface area (Å²) in [7, 11) is 2.21. The highest BCUT2D eigenvalue weighted by atomic mass is 35.5. The van der Waals surface area contributed by atoms with E-state index in [2.05, 4.69) is 58.6 Å². The van der Waals surface area contributed by atoms with Crippen molar-refractivity contribution in [1.29, 1.82) is 0 Å². The van der Waals surface area contributed by atoms with E-state index in [1.54, 1.807) is 0 Å². The first-order valence-electron chi connectivity index (χ1n) is 10.2. The Morgan fingerprint density at radius 2 is 1.68 bits per heavy atom. The summed E-state index contributed by atoms with van der Waals surface area (Å²) in [6.45, 7) is 7.70. The van der Waals surface area contributed by atoms with E-state index >= 15 is 0 Å². The Labute approximate surface area is 175 Å². The lowest BCUT2D eigenvalue weighted by atomic mass is 10.1. The first kappa shape index (κ1) is 21.1. The summed E-state index contributed by atoms with van der Waals surface area (Å²) < 4.78 is 5.89. The van der Waals surface area contributed by atoms with Crippen LogP contribution in [0, 0.1) is 0 Å². The summed E-state index contributed by atoms with van der Waals surface area (Å²) in [5.41, 5.74) is 2.63. The molecule has 1 heterocycles. The van der Waals surface area contributed by atoms with E-state index in [4.69, 9.17) is 4.74 Å². The molecular weight excluding hydrogens is 370 g/mol. The molecule has 0 amide bonds. The van der Waals surface area contributed by atoms with Crippen molar-refractivity contribution >= 4 is 12.4 Å². The van der Waals surface area contributed by atoms with Crippen LogP contribution in [0.2, 0.25) is 0 Å². The van der Waals surface area contributed by atoms with Crippen LogP contribution in [-0.2, 0) is 6.61 Å². The van der Waals surface area contributed by atoms with Gasteiger partial charge in [0.25, 0.3) is 0 Å². The minimum atomic E-state index is 0. The minimum absolute atomic E-state index is 0. The van der Waals surface area contributed by atoms with E-state index in [0.717, 1.165) is 12.3 Å². The Morgan fingerprint density at radius 3 is 2.39 bits per heavy atom. The maximum Gasteiger partial charge on any atom is 0.119 e. The van der Waals surface area contributed by atoms with Crippen molar-refractivity contribution in [2.24, 2.45) is 0 Å². The quantitative estimate of drug-likeness (QED) is 0.733. The highest BCUT2D eigenvalue weighted by molar-refractivity contribution is 5.85. The molecule has 1 saturated carbocycles. The topological polar surface area (TPSA) is 27.7 Å². The van der Waals surface area contributed by atoms with Gasteiger partial charge < -0.3 is 15.0 Å². The van der Waals surface area contributed by atoms with Crippen molar-refractivity contribution in [3.05, 3.63) is 65.7 Å². The molecule has 0 unspecified atom stereocenters. The van der Waals surface area contributed by atoms with Gasteiger partial charge in [0.2, 0.25) is 0 Å². The largest absolute Gasteiger partial charge is 0.489 e. The van der Waals surface area contributed by atoms with E-state index in [-0.39, 0.29) is 12.4 Å². The monoisotopic (exact) mass is 401 g/mol. The van der Waals surface area contributed by atoms with Crippen LogP contribution in [0.4, 0.5) is 0 Å². The third-order valence-corrected chi connectivity index (χ3v) is 5.78. The molecule has 2 atom stereocenters. The number of halogens is 1. The van der Waals surface area contributed by atoms with Crippen LogP contribution in [-0.4, -0.2) is 62.2 Å².